The van der Waals surface area contributed by atoms with Crippen LogP contribution in [-0.2, 0) is 10.9 Å². The molecule has 1 aliphatic heterocycles. The van der Waals surface area contributed by atoms with Crippen LogP contribution in [0.25, 0.3) is 0 Å². The lowest BCUT2D eigenvalue weighted by Crippen LogP contribution is -2.16. The Morgan fingerprint density at radius 2 is 2.19 bits per heavy atom. The van der Waals surface area contributed by atoms with E-state index in [-0.39, 0.29) is 15.9 Å². The van der Waals surface area contributed by atoms with Crippen molar-refractivity contribution in [3.63, 3.8) is 0 Å². The van der Waals surface area contributed by atoms with Crippen molar-refractivity contribution >= 4 is 11.8 Å². The Bertz CT molecular complexity index is 470. The first-order valence-corrected chi connectivity index (χ1v) is 7.95. The van der Waals surface area contributed by atoms with Gasteiger partial charge in [0, 0.05) is 11.7 Å². The van der Waals surface area contributed by atoms with E-state index in [2.05, 4.69) is 0 Å². The second-order valence-corrected chi connectivity index (χ2v) is 6.48. The maximum atomic E-state index is 13.2. The van der Waals surface area contributed by atoms with Gasteiger partial charge in [0.15, 0.2) is 6.29 Å². The summed E-state index contributed by atoms with van der Waals surface area (Å²) < 4.78 is 50.6. The first-order valence-electron chi connectivity index (χ1n) is 7.07. The number of alkyl halides is 3. The molecule has 1 aromatic carbocycles. The van der Waals surface area contributed by atoms with Gasteiger partial charge in [-0.3, -0.25) is 0 Å². The van der Waals surface area contributed by atoms with Crippen molar-refractivity contribution in [3.8, 4) is 5.75 Å². The number of hydrogen-bond donors (Lipinski definition) is 0. The third-order valence-corrected chi connectivity index (χ3v) is 4.72. The van der Waals surface area contributed by atoms with Crippen LogP contribution in [0.3, 0.4) is 0 Å². The second kappa shape index (κ2) is 6.92. The molecule has 6 heteroatoms. The molecule has 2 unspecified atom stereocenters. The molecule has 21 heavy (non-hydrogen) atoms. The van der Waals surface area contributed by atoms with E-state index in [0.717, 1.165) is 18.9 Å². The molecule has 118 valence electrons. The number of ether oxygens (including phenoxy) is 2. The number of thioether (sulfide) groups is 1. The molecular weight excluding hydrogens is 301 g/mol. The molecule has 2 atom stereocenters. The SMILES string of the molecule is CCC(C)Sc1c(OC2CCCO2)cccc1C(F)(F)F. The van der Waals surface area contributed by atoms with Crippen LogP contribution >= 0.6 is 11.8 Å². The Morgan fingerprint density at radius 3 is 2.76 bits per heavy atom. The van der Waals surface area contributed by atoms with Crippen LogP contribution in [0.15, 0.2) is 23.1 Å². The summed E-state index contributed by atoms with van der Waals surface area (Å²) in [5.74, 6) is 0.266. The van der Waals surface area contributed by atoms with Crippen LogP contribution in [0.4, 0.5) is 13.2 Å². The van der Waals surface area contributed by atoms with Gasteiger partial charge in [0.05, 0.1) is 17.1 Å². The van der Waals surface area contributed by atoms with E-state index in [0.29, 0.717) is 13.0 Å². The lowest BCUT2D eigenvalue weighted by Gasteiger charge is -2.21. The predicted octanol–water partition coefficient (Wildman–Crippen LogP) is 5.11. The van der Waals surface area contributed by atoms with E-state index in [1.807, 2.05) is 13.8 Å². The fourth-order valence-corrected chi connectivity index (χ4v) is 3.13. The monoisotopic (exact) mass is 320 g/mol. The highest BCUT2D eigenvalue weighted by Gasteiger charge is 2.35. The van der Waals surface area contributed by atoms with Crippen LogP contribution in [0.5, 0.6) is 5.75 Å². The lowest BCUT2D eigenvalue weighted by molar-refractivity contribution is -0.140. The lowest BCUT2D eigenvalue weighted by atomic mass is 10.2. The van der Waals surface area contributed by atoms with Gasteiger partial charge in [-0.15, -0.1) is 11.8 Å². The molecule has 0 aromatic heterocycles. The Balaban J connectivity index is 2.32. The fraction of sp³-hybridized carbons (Fsp3) is 0.600. The van der Waals surface area contributed by atoms with Crippen molar-refractivity contribution < 1.29 is 22.6 Å². The second-order valence-electron chi connectivity index (χ2n) is 5.03. The number of rotatable bonds is 5. The molecule has 0 N–H and O–H groups in total. The van der Waals surface area contributed by atoms with E-state index < -0.39 is 18.0 Å². The van der Waals surface area contributed by atoms with E-state index in [9.17, 15) is 13.2 Å². The normalized spacial score (nSPS) is 20.5. The fourth-order valence-electron chi connectivity index (χ4n) is 2.02. The van der Waals surface area contributed by atoms with E-state index in [1.54, 1.807) is 6.07 Å². The summed E-state index contributed by atoms with van der Waals surface area (Å²) in [5.41, 5.74) is -0.636. The van der Waals surface area contributed by atoms with Crippen LogP contribution in [-0.4, -0.2) is 18.1 Å². The van der Waals surface area contributed by atoms with Gasteiger partial charge in [-0.2, -0.15) is 13.2 Å². The highest BCUT2D eigenvalue weighted by molar-refractivity contribution is 8.00. The van der Waals surface area contributed by atoms with E-state index in [1.165, 1.54) is 17.8 Å². The molecule has 1 saturated heterocycles. The van der Waals surface area contributed by atoms with Crippen LogP contribution in [0, 0.1) is 0 Å². The Kier molecular flexibility index (Phi) is 5.43. The summed E-state index contributed by atoms with van der Waals surface area (Å²) in [7, 11) is 0. The molecule has 0 saturated carbocycles. The Labute approximate surface area is 127 Å². The average molecular weight is 320 g/mol. The van der Waals surface area contributed by atoms with Crippen molar-refractivity contribution in [1.82, 2.24) is 0 Å². The quantitative estimate of drug-likeness (QED) is 0.702. The third-order valence-electron chi connectivity index (χ3n) is 3.32. The highest BCUT2D eigenvalue weighted by atomic mass is 32.2. The van der Waals surface area contributed by atoms with Gasteiger partial charge in [0.1, 0.15) is 5.75 Å². The standard InChI is InChI=1S/C15H19F3O2S/c1-3-10(2)21-14-11(15(16,17)18)6-4-7-12(14)20-13-8-5-9-19-13/h4,6-7,10,13H,3,5,8-9H2,1-2H3. The number of benzene rings is 1. The maximum Gasteiger partial charge on any atom is 0.417 e. The van der Waals surface area contributed by atoms with Gasteiger partial charge in [-0.25, -0.2) is 0 Å². The van der Waals surface area contributed by atoms with Gasteiger partial charge < -0.3 is 9.47 Å². The van der Waals surface area contributed by atoms with Gasteiger partial charge in [0.25, 0.3) is 0 Å². The average Bonchev–Trinajstić information content (AvgIpc) is 2.92. The van der Waals surface area contributed by atoms with E-state index >= 15 is 0 Å². The molecule has 1 aromatic rings. The van der Waals surface area contributed by atoms with Crippen LogP contribution < -0.4 is 4.74 Å². The first kappa shape index (κ1) is 16.5. The van der Waals surface area contributed by atoms with Crippen molar-refractivity contribution in [2.75, 3.05) is 6.61 Å². The minimum atomic E-state index is -4.38. The maximum absolute atomic E-state index is 13.2. The van der Waals surface area contributed by atoms with Crippen molar-refractivity contribution in [3.05, 3.63) is 23.8 Å². The summed E-state index contributed by atoms with van der Waals surface area (Å²) in [6.07, 6.45) is -2.45. The van der Waals surface area contributed by atoms with Gasteiger partial charge in [-0.05, 0) is 25.0 Å². The molecule has 0 radical (unpaired) electrons. The van der Waals surface area contributed by atoms with Crippen LogP contribution in [0.2, 0.25) is 0 Å². The highest BCUT2D eigenvalue weighted by Crippen LogP contribution is 2.44. The molecule has 1 aliphatic rings. The molecule has 1 heterocycles. The molecule has 0 amide bonds. The molecule has 0 bridgehead atoms. The van der Waals surface area contributed by atoms with E-state index in [4.69, 9.17) is 9.47 Å². The topological polar surface area (TPSA) is 18.5 Å². The van der Waals surface area contributed by atoms with Crippen molar-refractivity contribution in [2.45, 2.75) is 55.7 Å². The zero-order valence-corrected chi connectivity index (χ0v) is 12.9. The molecule has 2 nitrogen and oxygen atoms in total. The zero-order valence-electron chi connectivity index (χ0n) is 12.1. The summed E-state index contributed by atoms with van der Waals surface area (Å²) in [5, 5.41) is 0.0837. The third kappa shape index (κ3) is 4.30. The summed E-state index contributed by atoms with van der Waals surface area (Å²) in [4.78, 5) is 0.162. The largest absolute Gasteiger partial charge is 0.464 e. The van der Waals surface area contributed by atoms with Crippen molar-refractivity contribution in [1.29, 1.82) is 0 Å². The minimum absolute atomic E-state index is 0.0837. The molecule has 2 rings (SSSR count). The predicted molar refractivity (Wildman–Crippen MR) is 76.7 cm³/mol. The number of halogens is 3. The van der Waals surface area contributed by atoms with Crippen molar-refractivity contribution in [2.24, 2.45) is 0 Å². The first-order chi connectivity index (χ1) is 9.91. The summed E-state index contributed by atoms with van der Waals surface area (Å²) >= 11 is 1.21. The van der Waals surface area contributed by atoms with Gasteiger partial charge in [0.2, 0.25) is 0 Å². The number of hydrogen-bond acceptors (Lipinski definition) is 3. The zero-order chi connectivity index (χ0) is 15.5. The summed E-state index contributed by atoms with van der Waals surface area (Å²) in [6.45, 7) is 4.46. The van der Waals surface area contributed by atoms with Crippen LogP contribution in [0.1, 0.15) is 38.7 Å². The minimum Gasteiger partial charge on any atom is -0.464 e. The molecule has 1 fully saturated rings. The summed E-state index contributed by atoms with van der Waals surface area (Å²) in [6, 6.07) is 4.07. The Hall–Kier alpha value is -0.880. The Morgan fingerprint density at radius 1 is 1.43 bits per heavy atom. The smallest absolute Gasteiger partial charge is 0.417 e. The molecular formula is C15H19F3O2S. The molecule has 0 aliphatic carbocycles. The van der Waals surface area contributed by atoms with Gasteiger partial charge >= 0.3 is 6.18 Å². The molecule has 0 spiro atoms. The van der Waals surface area contributed by atoms with Gasteiger partial charge in [-0.1, -0.05) is 19.9 Å².